The maximum absolute atomic E-state index is 13.4. The van der Waals surface area contributed by atoms with Gasteiger partial charge in [0.25, 0.3) is 5.91 Å². The van der Waals surface area contributed by atoms with Crippen LogP contribution in [0.25, 0.3) is 21.9 Å². The molecule has 7 heteroatoms. The predicted octanol–water partition coefficient (Wildman–Crippen LogP) is 3.75. The molecule has 0 saturated heterocycles. The lowest BCUT2D eigenvalue weighted by atomic mass is 10.1. The van der Waals surface area contributed by atoms with Crippen LogP contribution in [0.15, 0.2) is 53.1 Å². The minimum atomic E-state index is -0.603. The second-order valence-electron chi connectivity index (χ2n) is 6.86. The molecular weight excluding hydrogens is 373 g/mol. The number of nitrogens with two attached hydrogens (primary N) is 1. The number of carbonyl (C=O) groups excluding carboxylic acids is 1. The summed E-state index contributed by atoms with van der Waals surface area (Å²) in [6, 6.07) is 11.9. The van der Waals surface area contributed by atoms with Gasteiger partial charge in [-0.15, -0.1) is 0 Å². The van der Waals surface area contributed by atoms with E-state index in [0.29, 0.717) is 17.9 Å². The van der Waals surface area contributed by atoms with Crippen LogP contribution in [0.3, 0.4) is 0 Å². The van der Waals surface area contributed by atoms with E-state index in [0.717, 1.165) is 47.8 Å². The molecule has 0 bridgehead atoms. The Morgan fingerprint density at radius 3 is 2.97 bits per heavy atom. The van der Waals surface area contributed by atoms with Crippen LogP contribution in [0.1, 0.15) is 22.5 Å². The molecule has 0 saturated carbocycles. The molecule has 0 unspecified atom stereocenters. The second kappa shape index (κ2) is 8.36. The van der Waals surface area contributed by atoms with Crippen molar-refractivity contribution in [2.24, 2.45) is 5.73 Å². The molecule has 0 aliphatic rings. The molecule has 4 N–H and O–H groups in total. The number of carbonyl (C=O) groups is 1. The molecule has 4 aromatic rings. The summed E-state index contributed by atoms with van der Waals surface area (Å²) in [6.45, 7) is 2.09. The van der Waals surface area contributed by atoms with Gasteiger partial charge in [0.15, 0.2) is 17.1 Å². The van der Waals surface area contributed by atoms with E-state index < -0.39 is 5.91 Å². The van der Waals surface area contributed by atoms with Gasteiger partial charge in [0.2, 0.25) is 0 Å². The van der Waals surface area contributed by atoms with Crippen LogP contribution in [0.5, 0.6) is 5.75 Å². The van der Waals surface area contributed by atoms with Crippen molar-refractivity contribution in [1.82, 2.24) is 10.3 Å². The number of halogens is 1. The van der Waals surface area contributed by atoms with E-state index in [1.165, 1.54) is 6.07 Å². The molecule has 0 atom stereocenters. The van der Waals surface area contributed by atoms with Gasteiger partial charge in [0.05, 0.1) is 6.61 Å². The number of furan rings is 1. The van der Waals surface area contributed by atoms with E-state index in [1.54, 1.807) is 24.3 Å². The van der Waals surface area contributed by atoms with Gasteiger partial charge in [-0.05, 0) is 61.8 Å². The van der Waals surface area contributed by atoms with Crippen LogP contribution in [0.2, 0.25) is 0 Å². The molecule has 2 aromatic carbocycles. The minimum absolute atomic E-state index is 0.120. The number of para-hydroxylation sites is 1. The molecule has 2 heterocycles. The van der Waals surface area contributed by atoms with Crippen LogP contribution in [0, 0.1) is 5.82 Å². The summed E-state index contributed by atoms with van der Waals surface area (Å²) in [6.07, 6.45) is 3.55. The average molecular weight is 395 g/mol. The van der Waals surface area contributed by atoms with E-state index >= 15 is 0 Å². The van der Waals surface area contributed by atoms with E-state index in [1.807, 2.05) is 18.3 Å². The highest BCUT2D eigenvalue weighted by molar-refractivity contribution is 5.96. The first-order valence-corrected chi connectivity index (χ1v) is 9.53. The summed E-state index contributed by atoms with van der Waals surface area (Å²) in [7, 11) is 0. The first kappa shape index (κ1) is 19.0. The lowest BCUT2D eigenvalue weighted by Crippen LogP contribution is -2.20. The molecule has 0 aliphatic heterocycles. The first-order valence-electron chi connectivity index (χ1n) is 9.53. The molecule has 0 radical (unpaired) electrons. The van der Waals surface area contributed by atoms with E-state index in [2.05, 4.69) is 10.3 Å². The van der Waals surface area contributed by atoms with Crippen LogP contribution in [0.4, 0.5) is 4.39 Å². The summed E-state index contributed by atoms with van der Waals surface area (Å²) in [5.74, 6) is -0.113. The van der Waals surface area contributed by atoms with Crippen LogP contribution in [-0.4, -0.2) is 30.6 Å². The maximum atomic E-state index is 13.4. The number of rotatable bonds is 9. The lowest BCUT2D eigenvalue weighted by molar-refractivity contribution is 0.0976. The van der Waals surface area contributed by atoms with Gasteiger partial charge < -0.3 is 25.2 Å². The third-order valence-electron chi connectivity index (χ3n) is 4.81. The number of H-pyrrole nitrogens is 1. The number of benzene rings is 2. The Hall–Kier alpha value is -3.32. The van der Waals surface area contributed by atoms with Crippen LogP contribution < -0.4 is 15.8 Å². The van der Waals surface area contributed by atoms with Gasteiger partial charge in [0.1, 0.15) is 5.82 Å². The van der Waals surface area contributed by atoms with Crippen LogP contribution >= 0.6 is 0 Å². The van der Waals surface area contributed by atoms with Gasteiger partial charge in [-0.2, -0.15) is 0 Å². The topological polar surface area (TPSA) is 93.3 Å². The fraction of sp³-hybridized carbons (Fsp3) is 0.227. The van der Waals surface area contributed by atoms with Gasteiger partial charge in [-0.1, -0.05) is 12.1 Å². The Labute approximate surface area is 166 Å². The van der Waals surface area contributed by atoms with Crippen molar-refractivity contribution in [2.45, 2.75) is 12.8 Å². The largest absolute Gasteiger partial charge is 0.490 e. The monoisotopic (exact) mass is 395 g/mol. The molecule has 6 nitrogen and oxygen atoms in total. The van der Waals surface area contributed by atoms with Gasteiger partial charge in [-0.25, -0.2) is 4.39 Å². The molecule has 4 rings (SSSR count). The van der Waals surface area contributed by atoms with Crippen molar-refractivity contribution in [2.75, 3.05) is 19.7 Å². The van der Waals surface area contributed by atoms with Crippen LogP contribution in [-0.2, 0) is 6.42 Å². The number of aromatic nitrogens is 1. The number of nitrogens with one attached hydrogen (secondary N) is 2. The quantitative estimate of drug-likeness (QED) is 0.376. The molecule has 1 amide bonds. The van der Waals surface area contributed by atoms with Crippen molar-refractivity contribution in [3.05, 3.63) is 65.8 Å². The summed E-state index contributed by atoms with van der Waals surface area (Å²) in [5, 5.41) is 5.08. The fourth-order valence-corrected chi connectivity index (χ4v) is 3.36. The highest BCUT2D eigenvalue weighted by atomic mass is 19.1. The van der Waals surface area contributed by atoms with Gasteiger partial charge in [-0.3, -0.25) is 4.79 Å². The molecule has 0 fully saturated rings. The molecule has 2 aromatic heterocycles. The Kier molecular flexibility index (Phi) is 5.48. The summed E-state index contributed by atoms with van der Waals surface area (Å²) < 4.78 is 24.7. The number of hydrogen-bond donors (Lipinski definition) is 3. The predicted molar refractivity (Wildman–Crippen MR) is 110 cm³/mol. The third-order valence-corrected chi connectivity index (χ3v) is 4.81. The minimum Gasteiger partial charge on any atom is -0.490 e. The molecule has 150 valence electrons. The van der Waals surface area contributed by atoms with E-state index in [9.17, 15) is 9.18 Å². The zero-order chi connectivity index (χ0) is 20.2. The Balaban J connectivity index is 1.23. The molecule has 0 aliphatic carbocycles. The highest BCUT2D eigenvalue weighted by Crippen LogP contribution is 2.28. The standard InChI is InChI=1S/C22H22FN3O3/c23-16-5-6-18-17(12-16)15(13-26-18)7-9-25-8-2-10-28-19-4-1-3-14-11-20(22(24)27)29-21(14)19/h1,3-6,11-13,25-26H,2,7-10H2,(H2,24,27). The van der Waals surface area contributed by atoms with Crippen molar-refractivity contribution >= 4 is 27.8 Å². The normalized spacial score (nSPS) is 11.3. The SMILES string of the molecule is NC(=O)c1cc2cccc(OCCCNCCc3c[nH]c4ccc(F)cc34)c2o1. The Morgan fingerprint density at radius 1 is 1.21 bits per heavy atom. The lowest BCUT2D eigenvalue weighted by Gasteiger charge is -2.07. The van der Waals surface area contributed by atoms with E-state index in [-0.39, 0.29) is 11.6 Å². The summed E-state index contributed by atoms with van der Waals surface area (Å²) in [5.41, 5.74) is 7.84. The molecular formula is C22H22FN3O3. The third kappa shape index (κ3) is 4.25. The Morgan fingerprint density at radius 2 is 2.10 bits per heavy atom. The number of amides is 1. The van der Waals surface area contributed by atoms with Gasteiger partial charge >= 0.3 is 0 Å². The zero-order valence-corrected chi connectivity index (χ0v) is 15.8. The number of fused-ring (bicyclic) bond motifs is 2. The zero-order valence-electron chi connectivity index (χ0n) is 15.8. The molecule has 0 spiro atoms. The maximum Gasteiger partial charge on any atom is 0.284 e. The van der Waals surface area contributed by atoms with Crippen molar-refractivity contribution in [3.63, 3.8) is 0 Å². The van der Waals surface area contributed by atoms with Gasteiger partial charge in [0, 0.05) is 22.5 Å². The number of aromatic amines is 1. The average Bonchev–Trinajstić information content (AvgIpc) is 3.32. The Bertz CT molecular complexity index is 1150. The summed E-state index contributed by atoms with van der Waals surface area (Å²) >= 11 is 0. The number of hydrogen-bond acceptors (Lipinski definition) is 4. The number of primary amides is 1. The highest BCUT2D eigenvalue weighted by Gasteiger charge is 2.12. The fourth-order valence-electron chi connectivity index (χ4n) is 3.36. The number of ether oxygens (including phenoxy) is 1. The second-order valence-corrected chi connectivity index (χ2v) is 6.86. The molecule has 29 heavy (non-hydrogen) atoms. The van der Waals surface area contributed by atoms with Crippen molar-refractivity contribution < 1.29 is 18.3 Å². The summed E-state index contributed by atoms with van der Waals surface area (Å²) in [4.78, 5) is 14.4. The van der Waals surface area contributed by atoms with E-state index in [4.69, 9.17) is 14.9 Å². The smallest absolute Gasteiger partial charge is 0.284 e. The van der Waals surface area contributed by atoms with Crippen molar-refractivity contribution in [3.8, 4) is 5.75 Å². The van der Waals surface area contributed by atoms with Crippen molar-refractivity contribution in [1.29, 1.82) is 0 Å². The first-order chi connectivity index (χ1) is 14.1.